The summed E-state index contributed by atoms with van der Waals surface area (Å²) in [6.07, 6.45) is 0.334. The number of carbonyl (C=O) groups is 2. The summed E-state index contributed by atoms with van der Waals surface area (Å²) in [6.45, 7) is 10.2. The fourth-order valence-electron chi connectivity index (χ4n) is 3.35. The summed E-state index contributed by atoms with van der Waals surface area (Å²) in [5.74, 6) is 5.99. The van der Waals surface area contributed by atoms with Gasteiger partial charge in [-0.3, -0.25) is 4.79 Å². The molecule has 1 aromatic carbocycles. The molecule has 1 atom stereocenters. The molecule has 0 aliphatic carbocycles. The minimum atomic E-state index is -1.42. The molecule has 1 amide bonds. The number of ether oxygens (including phenoxy) is 3. The SMILES string of the molecule is CC#CCOc1ccc([S+]([O-])CC2(C(=O)OCC)CCN(C(=O)OC(C)(C)C)CC2)cc1. The van der Waals surface area contributed by atoms with Gasteiger partial charge in [0.2, 0.25) is 0 Å². The predicted octanol–water partition coefficient (Wildman–Crippen LogP) is 3.78. The number of carbonyl (C=O) groups excluding carboxylic acids is 2. The minimum Gasteiger partial charge on any atom is -0.611 e. The highest BCUT2D eigenvalue weighted by molar-refractivity contribution is 7.91. The second kappa shape index (κ2) is 11.5. The Balaban J connectivity index is 2.08. The van der Waals surface area contributed by atoms with Crippen LogP contribution in [0.1, 0.15) is 47.5 Å². The van der Waals surface area contributed by atoms with Gasteiger partial charge >= 0.3 is 12.1 Å². The lowest BCUT2D eigenvalue weighted by Crippen LogP contribution is -2.51. The van der Waals surface area contributed by atoms with Crippen molar-refractivity contribution in [2.75, 3.05) is 32.1 Å². The number of hydrogen-bond donors (Lipinski definition) is 0. The van der Waals surface area contributed by atoms with E-state index in [0.29, 0.717) is 43.2 Å². The third-order valence-electron chi connectivity index (χ3n) is 5.06. The van der Waals surface area contributed by atoms with Gasteiger partial charge in [-0.05, 0) is 82.9 Å². The summed E-state index contributed by atoms with van der Waals surface area (Å²) >= 11 is -1.42. The fourth-order valence-corrected chi connectivity index (χ4v) is 4.86. The van der Waals surface area contributed by atoms with Gasteiger partial charge in [0.15, 0.2) is 4.90 Å². The van der Waals surface area contributed by atoms with E-state index < -0.39 is 28.3 Å². The topological polar surface area (TPSA) is 88.1 Å². The molecule has 8 heteroatoms. The summed E-state index contributed by atoms with van der Waals surface area (Å²) in [5, 5.41) is 0. The van der Waals surface area contributed by atoms with Crippen molar-refractivity contribution in [3.63, 3.8) is 0 Å². The lowest BCUT2D eigenvalue weighted by molar-refractivity contribution is -0.156. The van der Waals surface area contributed by atoms with Crippen LogP contribution in [0.5, 0.6) is 5.75 Å². The Kier molecular flexibility index (Phi) is 9.29. The molecule has 0 bridgehead atoms. The number of rotatable bonds is 7. The van der Waals surface area contributed by atoms with Crippen LogP contribution in [0.4, 0.5) is 4.79 Å². The van der Waals surface area contributed by atoms with Crippen LogP contribution in [0.15, 0.2) is 29.2 Å². The van der Waals surface area contributed by atoms with Gasteiger partial charge in [0.05, 0.1) is 6.61 Å². The molecule has 0 radical (unpaired) electrons. The van der Waals surface area contributed by atoms with Crippen molar-refractivity contribution in [2.24, 2.45) is 5.41 Å². The van der Waals surface area contributed by atoms with Crippen LogP contribution in [-0.2, 0) is 25.4 Å². The lowest BCUT2D eigenvalue weighted by Gasteiger charge is -2.39. The fraction of sp³-hybridized carbons (Fsp3) is 0.583. The summed E-state index contributed by atoms with van der Waals surface area (Å²) in [6, 6.07) is 6.96. The Hall–Kier alpha value is -2.37. The first-order valence-corrected chi connectivity index (χ1v) is 12.1. The van der Waals surface area contributed by atoms with E-state index in [9.17, 15) is 14.1 Å². The van der Waals surface area contributed by atoms with Crippen molar-refractivity contribution in [1.82, 2.24) is 4.90 Å². The van der Waals surface area contributed by atoms with E-state index in [2.05, 4.69) is 11.8 Å². The summed E-state index contributed by atoms with van der Waals surface area (Å²) in [7, 11) is 0. The first kappa shape index (κ1) is 25.9. The van der Waals surface area contributed by atoms with Crippen LogP contribution in [0.2, 0.25) is 0 Å². The average molecular weight is 464 g/mol. The molecular weight excluding hydrogens is 430 g/mol. The number of benzene rings is 1. The van der Waals surface area contributed by atoms with Crippen molar-refractivity contribution in [3.05, 3.63) is 24.3 Å². The van der Waals surface area contributed by atoms with Gasteiger partial charge in [0.25, 0.3) is 0 Å². The number of amides is 1. The number of likely N-dealkylation sites (tertiary alicyclic amines) is 1. The molecule has 0 spiro atoms. The highest BCUT2D eigenvalue weighted by Crippen LogP contribution is 2.37. The molecule has 1 aromatic rings. The molecule has 0 aromatic heterocycles. The smallest absolute Gasteiger partial charge is 0.410 e. The van der Waals surface area contributed by atoms with Crippen LogP contribution in [0.3, 0.4) is 0 Å². The van der Waals surface area contributed by atoms with Gasteiger partial charge in [0.1, 0.15) is 29.1 Å². The van der Waals surface area contributed by atoms with Gasteiger partial charge in [0, 0.05) is 13.1 Å². The second-order valence-corrected chi connectivity index (χ2v) is 10.1. The summed E-state index contributed by atoms with van der Waals surface area (Å²) in [5.41, 5.74) is -1.50. The lowest BCUT2D eigenvalue weighted by atomic mass is 9.80. The average Bonchev–Trinajstić information content (AvgIpc) is 2.73. The van der Waals surface area contributed by atoms with E-state index in [1.165, 1.54) is 0 Å². The van der Waals surface area contributed by atoms with Crippen LogP contribution >= 0.6 is 0 Å². The third-order valence-corrected chi connectivity index (χ3v) is 6.68. The highest BCUT2D eigenvalue weighted by atomic mass is 32.2. The Morgan fingerprint density at radius 1 is 1.19 bits per heavy atom. The molecule has 1 heterocycles. The van der Waals surface area contributed by atoms with E-state index in [1.807, 2.05) is 20.8 Å². The van der Waals surface area contributed by atoms with E-state index in [0.717, 1.165) is 0 Å². The maximum Gasteiger partial charge on any atom is 0.410 e. The van der Waals surface area contributed by atoms with Crippen LogP contribution in [-0.4, -0.2) is 59.2 Å². The van der Waals surface area contributed by atoms with Gasteiger partial charge in [-0.1, -0.05) is 5.92 Å². The molecule has 2 rings (SSSR count). The molecule has 1 aliphatic heterocycles. The molecular formula is C24H33NO6S. The van der Waals surface area contributed by atoms with E-state index >= 15 is 0 Å². The molecule has 1 saturated heterocycles. The normalized spacial score (nSPS) is 16.4. The Morgan fingerprint density at radius 3 is 2.34 bits per heavy atom. The molecule has 32 heavy (non-hydrogen) atoms. The molecule has 7 nitrogen and oxygen atoms in total. The number of hydrogen-bond acceptors (Lipinski definition) is 6. The van der Waals surface area contributed by atoms with Crippen LogP contribution < -0.4 is 4.74 Å². The van der Waals surface area contributed by atoms with Crippen molar-refractivity contribution < 1.29 is 28.4 Å². The zero-order valence-corrected chi connectivity index (χ0v) is 20.4. The maximum atomic E-state index is 13.1. The molecule has 0 saturated carbocycles. The minimum absolute atomic E-state index is 0.134. The van der Waals surface area contributed by atoms with E-state index in [-0.39, 0.29) is 18.3 Å². The first-order chi connectivity index (χ1) is 15.1. The highest BCUT2D eigenvalue weighted by Gasteiger charge is 2.48. The zero-order valence-electron chi connectivity index (χ0n) is 19.6. The van der Waals surface area contributed by atoms with Crippen molar-refractivity contribution >= 4 is 23.2 Å². The number of nitrogens with zero attached hydrogens (tertiary/aromatic N) is 1. The Labute approximate surface area is 194 Å². The van der Waals surface area contributed by atoms with Gasteiger partial charge in [-0.15, -0.1) is 5.92 Å². The largest absolute Gasteiger partial charge is 0.611 e. The quantitative estimate of drug-likeness (QED) is 0.347. The molecule has 1 fully saturated rings. The molecule has 1 aliphatic rings. The van der Waals surface area contributed by atoms with Crippen LogP contribution in [0, 0.1) is 17.3 Å². The Bertz CT molecular complexity index is 829. The number of esters is 1. The van der Waals surface area contributed by atoms with Crippen molar-refractivity contribution in [2.45, 2.75) is 58.0 Å². The van der Waals surface area contributed by atoms with Crippen molar-refractivity contribution in [3.8, 4) is 17.6 Å². The molecule has 176 valence electrons. The second-order valence-electron chi connectivity index (χ2n) is 8.64. The van der Waals surface area contributed by atoms with Gasteiger partial charge < -0.3 is 23.7 Å². The van der Waals surface area contributed by atoms with Gasteiger partial charge in [-0.2, -0.15) is 0 Å². The monoisotopic (exact) mass is 463 g/mol. The van der Waals surface area contributed by atoms with Gasteiger partial charge in [-0.25, -0.2) is 4.79 Å². The summed E-state index contributed by atoms with van der Waals surface area (Å²) in [4.78, 5) is 27.5. The molecule has 0 N–H and O–H groups in total. The van der Waals surface area contributed by atoms with E-state index in [1.54, 1.807) is 43.0 Å². The number of piperidine rings is 1. The summed E-state index contributed by atoms with van der Waals surface area (Å²) < 4.78 is 29.4. The van der Waals surface area contributed by atoms with E-state index in [4.69, 9.17) is 14.2 Å². The maximum absolute atomic E-state index is 13.1. The zero-order chi connectivity index (χ0) is 23.8. The molecule has 1 unspecified atom stereocenters. The Morgan fingerprint density at radius 2 is 1.81 bits per heavy atom. The van der Waals surface area contributed by atoms with Crippen LogP contribution in [0.25, 0.3) is 0 Å². The third kappa shape index (κ3) is 7.35. The standard InChI is InChI=1S/C24H33NO6S/c1-6-8-17-30-19-9-11-20(12-10-19)32(28)18-24(21(26)29-7-2)13-15-25(16-14-24)22(27)31-23(3,4)5/h9-12H,7,13-18H2,1-5H3. The predicted molar refractivity (Wildman–Crippen MR) is 123 cm³/mol. The first-order valence-electron chi connectivity index (χ1n) is 10.8. The van der Waals surface area contributed by atoms with Crippen molar-refractivity contribution in [1.29, 1.82) is 0 Å².